The number of ether oxygens (including phenoxy) is 1. The third-order valence-corrected chi connectivity index (χ3v) is 3.34. The number of pyridine rings is 1. The number of hydrogen-bond donors (Lipinski definition) is 1. The molecule has 0 spiro atoms. The summed E-state index contributed by atoms with van der Waals surface area (Å²) in [6.45, 7) is 0. The minimum absolute atomic E-state index is 0.543. The average Bonchev–Trinajstić information content (AvgIpc) is 2.33. The van der Waals surface area contributed by atoms with Gasteiger partial charge in [0.05, 0.1) is 24.0 Å². The van der Waals surface area contributed by atoms with Crippen LogP contribution in [-0.4, -0.2) is 12.1 Å². The van der Waals surface area contributed by atoms with Gasteiger partial charge in [-0.25, -0.2) is 0 Å². The van der Waals surface area contributed by atoms with Gasteiger partial charge in [0.25, 0.3) is 0 Å². The van der Waals surface area contributed by atoms with Crippen LogP contribution in [0.1, 0.15) is 0 Å². The number of nitrogens with zero attached hydrogens (tertiary/aromatic N) is 1. The summed E-state index contributed by atoms with van der Waals surface area (Å²) < 4.78 is 6.20. The number of rotatable bonds is 2. The summed E-state index contributed by atoms with van der Waals surface area (Å²) in [5, 5.41) is 0.543. The molecule has 5 heteroatoms. The monoisotopic (exact) mass is 312 g/mol. The lowest BCUT2D eigenvalue weighted by atomic mass is 10.0. The molecule has 2 rings (SSSR count). The van der Waals surface area contributed by atoms with Crippen LogP contribution in [0.25, 0.3) is 11.1 Å². The van der Waals surface area contributed by atoms with Gasteiger partial charge in [0.1, 0.15) is 5.75 Å². The van der Waals surface area contributed by atoms with E-state index in [2.05, 4.69) is 20.9 Å². The van der Waals surface area contributed by atoms with Crippen LogP contribution in [0.3, 0.4) is 0 Å². The average molecular weight is 314 g/mol. The number of aromatic nitrogens is 1. The Morgan fingerprint density at radius 2 is 2.12 bits per heavy atom. The highest BCUT2D eigenvalue weighted by Crippen LogP contribution is 2.42. The number of nitrogens with two attached hydrogens (primary N) is 1. The Hall–Kier alpha value is -1.26. The maximum atomic E-state index is 6.10. The lowest BCUT2D eigenvalue weighted by molar-refractivity contribution is 0.416. The molecule has 0 aliphatic rings. The molecule has 0 bridgehead atoms. The lowest BCUT2D eigenvalue weighted by Crippen LogP contribution is -1.95. The first-order valence-electron chi connectivity index (χ1n) is 4.87. The smallest absolute Gasteiger partial charge is 0.146 e. The molecule has 0 saturated heterocycles. The molecule has 2 N–H and O–H groups in total. The molecule has 3 nitrogen and oxygen atoms in total. The fourth-order valence-corrected chi connectivity index (χ4v) is 2.38. The molecule has 0 radical (unpaired) electrons. The number of halogens is 2. The Morgan fingerprint density at radius 1 is 1.35 bits per heavy atom. The number of hydrogen-bond acceptors (Lipinski definition) is 3. The molecule has 0 unspecified atom stereocenters. The first-order chi connectivity index (χ1) is 8.15. The van der Waals surface area contributed by atoms with Crippen molar-refractivity contribution in [3.05, 3.63) is 40.1 Å². The zero-order valence-electron chi connectivity index (χ0n) is 9.08. The van der Waals surface area contributed by atoms with Crippen LogP contribution in [0.4, 0.5) is 5.69 Å². The molecular weight excluding hydrogens is 304 g/mol. The molecule has 1 aromatic carbocycles. The van der Waals surface area contributed by atoms with E-state index in [1.807, 2.05) is 12.1 Å². The van der Waals surface area contributed by atoms with Gasteiger partial charge in [-0.3, -0.25) is 4.98 Å². The molecule has 17 heavy (non-hydrogen) atoms. The molecule has 1 heterocycles. The van der Waals surface area contributed by atoms with Crippen molar-refractivity contribution in [1.82, 2.24) is 4.98 Å². The Bertz CT molecular complexity index is 560. The van der Waals surface area contributed by atoms with E-state index in [1.165, 1.54) is 0 Å². The van der Waals surface area contributed by atoms with E-state index in [0.717, 1.165) is 15.6 Å². The van der Waals surface area contributed by atoms with E-state index < -0.39 is 0 Å². The van der Waals surface area contributed by atoms with Crippen molar-refractivity contribution in [2.24, 2.45) is 0 Å². The highest BCUT2D eigenvalue weighted by atomic mass is 79.9. The van der Waals surface area contributed by atoms with Crippen LogP contribution in [0.5, 0.6) is 5.75 Å². The van der Waals surface area contributed by atoms with Crippen LogP contribution in [0.15, 0.2) is 35.1 Å². The van der Waals surface area contributed by atoms with Crippen molar-refractivity contribution in [1.29, 1.82) is 0 Å². The third-order valence-electron chi connectivity index (χ3n) is 2.38. The van der Waals surface area contributed by atoms with Crippen LogP contribution >= 0.6 is 27.5 Å². The fraction of sp³-hybridized carbons (Fsp3) is 0.0833. The minimum Gasteiger partial charge on any atom is -0.494 e. The normalized spacial score (nSPS) is 10.3. The topological polar surface area (TPSA) is 48.1 Å². The zero-order valence-corrected chi connectivity index (χ0v) is 11.4. The van der Waals surface area contributed by atoms with E-state index in [9.17, 15) is 0 Å². The molecule has 88 valence electrons. The van der Waals surface area contributed by atoms with Crippen molar-refractivity contribution in [3.8, 4) is 16.9 Å². The first-order valence-corrected chi connectivity index (χ1v) is 6.04. The zero-order chi connectivity index (χ0) is 12.4. The predicted molar refractivity (Wildman–Crippen MR) is 73.3 cm³/mol. The Balaban J connectivity index is 2.75. The van der Waals surface area contributed by atoms with Crippen LogP contribution < -0.4 is 10.5 Å². The van der Waals surface area contributed by atoms with Crippen LogP contribution in [-0.2, 0) is 0 Å². The first kappa shape index (κ1) is 12.2. The summed E-state index contributed by atoms with van der Waals surface area (Å²) in [7, 11) is 1.58. The van der Waals surface area contributed by atoms with E-state index in [0.29, 0.717) is 16.5 Å². The quantitative estimate of drug-likeness (QED) is 0.918. The third kappa shape index (κ3) is 2.23. The Kier molecular flexibility index (Phi) is 3.54. The highest BCUT2D eigenvalue weighted by molar-refractivity contribution is 9.10. The molecule has 0 aliphatic carbocycles. The Labute approximate surface area is 113 Å². The largest absolute Gasteiger partial charge is 0.494 e. The molecule has 0 fully saturated rings. The van der Waals surface area contributed by atoms with Crippen molar-refractivity contribution < 1.29 is 4.74 Å². The fourth-order valence-electron chi connectivity index (χ4n) is 1.62. The number of methoxy groups -OCH3 is 1. The van der Waals surface area contributed by atoms with Gasteiger partial charge in [0.15, 0.2) is 0 Å². The van der Waals surface area contributed by atoms with Gasteiger partial charge in [0.2, 0.25) is 0 Å². The van der Waals surface area contributed by atoms with Gasteiger partial charge in [-0.05, 0) is 18.2 Å². The minimum atomic E-state index is 0.543. The summed E-state index contributed by atoms with van der Waals surface area (Å²) in [5.74, 6) is 0.596. The molecular formula is C12H10BrClN2O. The molecule has 0 saturated carbocycles. The van der Waals surface area contributed by atoms with Gasteiger partial charge in [0, 0.05) is 21.8 Å². The van der Waals surface area contributed by atoms with Gasteiger partial charge in [-0.15, -0.1) is 0 Å². The van der Waals surface area contributed by atoms with Crippen molar-refractivity contribution in [2.75, 3.05) is 12.8 Å². The second-order valence-corrected chi connectivity index (χ2v) is 4.66. The molecule has 2 aromatic rings. The van der Waals surface area contributed by atoms with Crippen molar-refractivity contribution in [2.45, 2.75) is 0 Å². The molecule has 0 aliphatic heterocycles. The summed E-state index contributed by atoms with van der Waals surface area (Å²) >= 11 is 9.58. The Morgan fingerprint density at radius 3 is 2.76 bits per heavy atom. The maximum absolute atomic E-state index is 6.10. The second kappa shape index (κ2) is 4.94. The van der Waals surface area contributed by atoms with Crippen molar-refractivity contribution >= 4 is 33.2 Å². The van der Waals surface area contributed by atoms with Crippen LogP contribution in [0, 0.1) is 0 Å². The summed E-state index contributed by atoms with van der Waals surface area (Å²) in [6, 6.07) is 5.46. The van der Waals surface area contributed by atoms with E-state index in [1.54, 1.807) is 25.6 Å². The molecule has 0 atom stereocenters. The number of nitrogen functional groups attached to an aromatic ring is 1. The van der Waals surface area contributed by atoms with Gasteiger partial charge in [-0.1, -0.05) is 27.5 Å². The number of benzene rings is 1. The summed E-state index contributed by atoms with van der Waals surface area (Å²) in [4.78, 5) is 3.96. The van der Waals surface area contributed by atoms with Gasteiger partial charge in [-0.2, -0.15) is 0 Å². The van der Waals surface area contributed by atoms with E-state index >= 15 is 0 Å². The van der Waals surface area contributed by atoms with Crippen molar-refractivity contribution in [3.63, 3.8) is 0 Å². The second-order valence-electron chi connectivity index (χ2n) is 3.40. The lowest BCUT2D eigenvalue weighted by Gasteiger charge is -2.13. The molecule has 0 amide bonds. The van der Waals surface area contributed by atoms with E-state index in [-0.39, 0.29) is 0 Å². The standard InChI is InChI=1S/C12H10BrClN2O/c1-17-12-9(14)3-2-8(13)11(12)7-4-5-16-6-10(7)15/h2-6H,15H2,1H3. The highest BCUT2D eigenvalue weighted by Gasteiger charge is 2.15. The number of anilines is 1. The summed E-state index contributed by atoms with van der Waals surface area (Å²) in [6.07, 6.45) is 3.28. The summed E-state index contributed by atoms with van der Waals surface area (Å²) in [5.41, 5.74) is 8.16. The predicted octanol–water partition coefficient (Wildman–Crippen LogP) is 3.76. The molecule has 1 aromatic heterocycles. The maximum Gasteiger partial charge on any atom is 0.146 e. The van der Waals surface area contributed by atoms with Gasteiger partial charge < -0.3 is 10.5 Å². The van der Waals surface area contributed by atoms with Crippen LogP contribution in [0.2, 0.25) is 5.02 Å². The SMILES string of the molecule is COc1c(Cl)ccc(Br)c1-c1ccncc1N. The van der Waals surface area contributed by atoms with E-state index in [4.69, 9.17) is 22.1 Å². The van der Waals surface area contributed by atoms with Gasteiger partial charge >= 0.3 is 0 Å².